The molecule has 0 radical (unpaired) electrons. The lowest BCUT2D eigenvalue weighted by atomic mass is 10.4. The quantitative estimate of drug-likeness (QED) is 0.231. The Balaban J connectivity index is -0.00000155. The molecule has 0 spiro atoms. The van der Waals surface area contributed by atoms with Gasteiger partial charge >= 0.3 is 17.1 Å². The Morgan fingerprint density at radius 2 is 1.16 bits per heavy atom. The summed E-state index contributed by atoms with van der Waals surface area (Å²) in [6, 6.07) is 0. The van der Waals surface area contributed by atoms with Crippen LogP contribution in [0.1, 0.15) is 20.8 Å². The van der Waals surface area contributed by atoms with Crippen molar-refractivity contribution in [3.8, 4) is 0 Å². The van der Waals surface area contributed by atoms with Crippen LogP contribution in [0.15, 0.2) is 25.5 Å². The molecule has 0 aliphatic carbocycles. The zero-order chi connectivity index (χ0) is 19.8. The van der Waals surface area contributed by atoms with Gasteiger partial charge in [-0.05, 0) is 58.9 Å². The molecule has 0 aromatic heterocycles. The van der Waals surface area contributed by atoms with Crippen LogP contribution in [-0.2, 0) is 17.1 Å². The van der Waals surface area contributed by atoms with Gasteiger partial charge in [0.1, 0.15) is 6.23 Å². The van der Waals surface area contributed by atoms with Gasteiger partial charge in [0.2, 0.25) is 0 Å². The Hall–Kier alpha value is 0.0275. The molecule has 0 N–H and O–H groups in total. The second-order valence-electron chi connectivity index (χ2n) is 8.25. The van der Waals surface area contributed by atoms with Crippen LogP contribution in [0, 0.1) is 0 Å². The highest BCUT2D eigenvalue weighted by atomic mass is 28.5. The van der Waals surface area contributed by atoms with Crippen LogP contribution >= 0.6 is 0 Å². The summed E-state index contributed by atoms with van der Waals surface area (Å²) in [6.45, 7) is 31.4. The zero-order valence-corrected chi connectivity index (χ0v) is 21.7. The van der Waals surface area contributed by atoms with Gasteiger partial charge in [0.25, 0.3) is 0 Å². The summed E-state index contributed by atoms with van der Waals surface area (Å²) in [5.41, 5.74) is 0. The summed E-state index contributed by atoms with van der Waals surface area (Å²) in [4.78, 5) is 0. The van der Waals surface area contributed by atoms with Gasteiger partial charge < -0.3 is 17.1 Å². The summed E-state index contributed by atoms with van der Waals surface area (Å²) in [6.07, 6.45) is 1.29. The first-order valence-electron chi connectivity index (χ1n) is 8.49. The maximum absolute atomic E-state index is 6.51. The first-order chi connectivity index (χ1) is 10.6. The molecular formula is C17H44O4Si4. The standard InChI is InChI=1S/C14H36O4Si4.C2H4.CH4/c1-12-14(2)15-13-22(11,17-20(6,7)8)18-21(9,10)16-19(3,4)5;1-2;/h2,12-13H2,1,3-11H3;1-2H2;1H4. The Bertz CT molecular complexity index is 389. The van der Waals surface area contributed by atoms with Crippen LogP contribution in [-0.4, -0.2) is 40.0 Å². The van der Waals surface area contributed by atoms with Crippen LogP contribution in [0.25, 0.3) is 0 Å². The highest BCUT2D eigenvalue weighted by Gasteiger charge is 2.45. The number of ether oxygens (including phenoxy) is 1. The molecule has 25 heavy (non-hydrogen) atoms. The van der Waals surface area contributed by atoms with Crippen LogP contribution in [0.5, 0.6) is 0 Å². The summed E-state index contributed by atoms with van der Waals surface area (Å²) < 4.78 is 25.1. The lowest BCUT2D eigenvalue weighted by Gasteiger charge is -2.41. The van der Waals surface area contributed by atoms with Crippen molar-refractivity contribution in [2.45, 2.75) is 79.7 Å². The van der Waals surface area contributed by atoms with E-state index in [9.17, 15) is 0 Å². The fraction of sp³-hybridized carbons (Fsp3) is 0.765. The zero-order valence-electron chi connectivity index (χ0n) is 17.7. The molecule has 0 saturated heterocycles. The molecule has 0 heterocycles. The molecule has 0 aromatic carbocycles. The summed E-state index contributed by atoms with van der Waals surface area (Å²) in [5, 5.41) is 0. The average Bonchev–Trinajstić information content (AvgIpc) is 2.32. The highest BCUT2D eigenvalue weighted by Crippen LogP contribution is 2.24. The van der Waals surface area contributed by atoms with E-state index in [1.807, 2.05) is 6.92 Å². The van der Waals surface area contributed by atoms with Crippen LogP contribution in [0.2, 0.25) is 58.9 Å². The van der Waals surface area contributed by atoms with Crippen molar-refractivity contribution in [3.05, 3.63) is 25.5 Å². The van der Waals surface area contributed by atoms with E-state index < -0.39 is 33.8 Å². The Morgan fingerprint density at radius 3 is 1.48 bits per heavy atom. The van der Waals surface area contributed by atoms with Gasteiger partial charge in [0.05, 0.1) is 5.76 Å². The first-order valence-corrected chi connectivity index (χ1v) is 20.6. The number of hydrogen-bond donors (Lipinski definition) is 0. The predicted octanol–water partition coefficient (Wildman–Crippen LogP) is 6.40. The molecule has 0 aromatic rings. The molecule has 8 heteroatoms. The van der Waals surface area contributed by atoms with E-state index in [1.165, 1.54) is 0 Å². The summed E-state index contributed by atoms with van der Waals surface area (Å²) in [5.74, 6) is 0.784. The molecule has 0 saturated carbocycles. The van der Waals surface area contributed by atoms with Crippen molar-refractivity contribution in [2.75, 3.05) is 6.23 Å². The number of rotatable bonds is 10. The molecular weight excluding hydrogens is 381 g/mol. The van der Waals surface area contributed by atoms with E-state index in [-0.39, 0.29) is 7.43 Å². The van der Waals surface area contributed by atoms with E-state index in [4.69, 9.17) is 17.1 Å². The van der Waals surface area contributed by atoms with Crippen molar-refractivity contribution in [3.63, 3.8) is 0 Å². The number of allylic oxidation sites excluding steroid dienone is 1. The van der Waals surface area contributed by atoms with Crippen molar-refractivity contribution in [2.24, 2.45) is 0 Å². The van der Waals surface area contributed by atoms with E-state index in [0.29, 0.717) is 6.23 Å². The van der Waals surface area contributed by atoms with Crippen LogP contribution < -0.4 is 0 Å². The molecule has 0 amide bonds. The van der Waals surface area contributed by atoms with E-state index in [1.54, 1.807) is 0 Å². The minimum absolute atomic E-state index is 0. The molecule has 152 valence electrons. The molecule has 0 bridgehead atoms. The maximum atomic E-state index is 6.51. The van der Waals surface area contributed by atoms with Crippen molar-refractivity contribution in [1.82, 2.24) is 0 Å². The third kappa shape index (κ3) is 17.2. The lowest BCUT2D eigenvalue weighted by molar-refractivity contribution is 0.206. The van der Waals surface area contributed by atoms with Crippen LogP contribution in [0.3, 0.4) is 0 Å². The van der Waals surface area contributed by atoms with E-state index >= 15 is 0 Å². The van der Waals surface area contributed by atoms with Gasteiger partial charge in [-0.3, -0.25) is 0 Å². The van der Waals surface area contributed by atoms with Gasteiger partial charge in [-0.25, -0.2) is 0 Å². The van der Waals surface area contributed by atoms with Crippen molar-refractivity contribution >= 4 is 33.8 Å². The third-order valence-electron chi connectivity index (χ3n) is 2.47. The average molecular weight is 425 g/mol. The topological polar surface area (TPSA) is 36.9 Å². The van der Waals surface area contributed by atoms with Crippen LogP contribution in [0.4, 0.5) is 0 Å². The Kier molecular flexibility index (Phi) is 13.9. The smallest absolute Gasteiger partial charge is 0.354 e. The third-order valence-corrected chi connectivity index (χ3v) is 15.4. The Morgan fingerprint density at radius 1 is 0.760 bits per heavy atom. The maximum Gasteiger partial charge on any atom is 0.354 e. The molecule has 1 unspecified atom stereocenters. The largest absolute Gasteiger partial charge is 0.497 e. The molecule has 4 nitrogen and oxygen atoms in total. The molecule has 0 rings (SSSR count). The van der Waals surface area contributed by atoms with E-state index in [2.05, 4.69) is 78.7 Å². The van der Waals surface area contributed by atoms with Gasteiger partial charge in [-0.15, -0.1) is 13.2 Å². The summed E-state index contributed by atoms with van der Waals surface area (Å²) >= 11 is 0. The second kappa shape index (κ2) is 11.7. The fourth-order valence-corrected chi connectivity index (χ4v) is 19.6. The molecule has 0 aliphatic heterocycles. The molecule has 0 fully saturated rings. The normalized spacial score (nSPS) is 14.5. The second-order valence-corrected chi connectivity index (χ2v) is 24.5. The minimum Gasteiger partial charge on any atom is -0.497 e. The van der Waals surface area contributed by atoms with Crippen molar-refractivity contribution < 1.29 is 17.1 Å². The SMILES string of the molecule is C.C=C.C=C(CC)OC[Si](C)(O[Si](C)(C)C)O[Si](C)(C)O[Si](C)(C)C. The predicted molar refractivity (Wildman–Crippen MR) is 122 cm³/mol. The highest BCUT2D eigenvalue weighted by molar-refractivity contribution is 6.89. The Labute approximate surface area is 162 Å². The monoisotopic (exact) mass is 424 g/mol. The molecule has 1 atom stereocenters. The number of hydrogen-bond acceptors (Lipinski definition) is 4. The van der Waals surface area contributed by atoms with Gasteiger partial charge in [0.15, 0.2) is 16.6 Å². The molecule has 0 aliphatic rings. The first kappa shape index (κ1) is 29.8. The summed E-state index contributed by atoms with van der Waals surface area (Å²) in [7, 11) is -8.08. The fourth-order valence-electron chi connectivity index (χ4n) is 2.34. The van der Waals surface area contributed by atoms with Gasteiger partial charge in [-0.2, -0.15) is 0 Å². The minimum atomic E-state index is -2.46. The van der Waals surface area contributed by atoms with Gasteiger partial charge in [0, 0.05) is 6.42 Å². The van der Waals surface area contributed by atoms with Gasteiger partial charge in [-0.1, -0.05) is 20.9 Å². The van der Waals surface area contributed by atoms with E-state index in [0.717, 1.165) is 12.2 Å². The van der Waals surface area contributed by atoms with Crippen molar-refractivity contribution in [1.29, 1.82) is 0 Å². The lowest BCUT2D eigenvalue weighted by Crippen LogP contribution is -2.59.